The van der Waals surface area contributed by atoms with Crippen molar-refractivity contribution >= 4 is 23.3 Å². The number of amides is 2. The predicted octanol–water partition coefficient (Wildman–Crippen LogP) is 3.65. The van der Waals surface area contributed by atoms with Gasteiger partial charge in [-0.3, -0.25) is 19.3 Å². The molecule has 1 aliphatic heterocycles. The number of ketones is 1. The molecule has 2 amide bonds. The maximum atomic E-state index is 13.0. The van der Waals surface area contributed by atoms with Crippen LogP contribution in [0.2, 0.25) is 0 Å². The van der Waals surface area contributed by atoms with Gasteiger partial charge in [0.25, 0.3) is 5.91 Å². The van der Waals surface area contributed by atoms with Gasteiger partial charge >= 0.3 is 0 Å². The van der Waals surface area contributed by atoms with E-state index >= 15 is 0 Å². The molecule has 2 aliphatic rings. The molecule has 1 atom stereocenters. The molecule has 1 heterocycles. The third-order valence-electron chi connectivity index (χ3n) is 6.06. The average molecular weight is 454 g/mol. The van der Waals surface area contributed by atoms with Crippen molar-refractivity contribution in [2.24, 2.45) is 0 Å². The van der Waals surface area contributed by atoms with Gasteiger partial charge in [0.2, 0.25) is 5.91 Å². The topological polar surface area (TPSA) is 84.9 Å². The number of Topliss-reactive ketones (excluding diaryl/α,β-unsaturated/α-hetero) is 1. The van der Waals surface area contributed by atoms with Gasteiger partial charge in [0.05, 0.1) is 5.69 Å². The summed E-state index contributed by atoms with van der Waals surface area (Å²) in [5.74, 6) is -0.478. The lowest BCUT2D eigenvalue weighted by atomic mass is 9.95. The Kier molecular flexibility index (Phi) is 6.91. The zero-order valence-corrected chi connectivity index (χ0v) is 18.5. The molecule has 174 valence electrons. The largest absolute Gasteiger partial charge is 0.485 e. The molecule has 0 radical (unpaired) electrons. The van der Waals surface area contributed by atoms with Crippen molar-refractivity contribution in [2.45, 2.75) is 51.1 Å². The Balaban J connectivity index is 1.48. The molecule has 2 aromatic carbocycles. The van der Waals surface area contributed by atoms with Gasteiger partial charge in [-0.25, -0.2) is 4.39 Å². The molecule has 0 bridgehead atoms. The first-order valence-electron chi connectivity index (χ1n) is 11.2. The van der Waals surface area contributed by atoms with Crippen LogP contribution in [0, 0.1) is 5.82 Å². The molecule has 0 saturated heterocycles. The summed E-state index contributed by atoms with van der Waals surface area (Å²) >= 11 is 0. The van der Waals surface area contributed by atoms with E-state index in [1.54, 1.807) is 25.1 Å². The second-order valence-corrected chi connectivity index (χ2v) is 8.42. The van der Waals surface area contributed by atoms with Crippen LogP contribution in [0.25, 0.3) is 0 Å². The second kappa shape index (κ2) is 10.0. The minimum absolute atomic E-state index is 0.126. The van der Waals surface area contributed by atoms with Crippen LogP contribution >= 0.6 is 0 Å². The number of fused-ring (bicyclic) bond motifs is 1. The summed E-state index contributed by atoms with van der Waals surface area (Å²) in [6, 6.07) is 9.52. The quantitative estimate of drug-likeness (QED) is 0.646. The van der Waals surface area contributed by atoms with E-state index in [1.807, 2.05) is 0 Å². The van der Waals surface area contributed by atoms with E-state index in [9.17, 15) is 18.8 Å². The molecule has 0 spiro atoms. The van der Waals surface area contributed by atoms with Crippen LogP contribution in [0.4, 0.5) is 10.1 Å². The number of halogens is 1. The number of benzene rings is 2. The van der Waals surface area contributed by atoms with Crippen LogP contribution in [0.3, 0.4) is 0 Å². The van der Waals surface area contributed by atoms with E-state index in [2.05, 4.69) is 5.32 Å². The van der Waals surface area contributed by atoms with Crippen LogP contribution in [-0.2, 0) is 9.59 Å². The highest BCUT2D eigenvalue weighted by Crippen LogP contribution is 2.34. The lowest BCUT2D eigenvalue weighted by Gasteiger charge is -2.34. The van der Waals surface area contributed by atoms with E-state index < -0.39 is 11.9 Å². The van der Waals surface area contributed by atoms with Crippen molar-refractivity contribution < 1.29 is 28.2 Å². The predicted molar refractivity (Wildman–Crippen MR) is 120 cm³/mol. The molecule has 1 saturated carbocycles. The van der Waals surface area contributed by atoms with Crippen LogP contribution in [0.15, 0.2) is 42.5 Å². The zero-order chi connectivity index (χ0) is 23.4. The highest BCUT2D eigenvalue weighted by Gasteiger charge is 2.34. The number of hydrogen-bond acceptors (Lipinski definition) is 5. The van der Waals surface area contributed by atoms with Crippen LogP contribution in [0.1, 0.15) is 49.4 Å². The molecule has 4 rings (SSSR count). The summed E-state index contributed by atoms with van der Waals surface area (Å²) in [7, 11) is 0. The van der Waals surface area contributed by atoms with E-state index in [0.717, 1.165) is 25.7 Å². The Hall–Kier alpha value is -3.42. The third-order valence-corrected chi connectivity index (χ3v) is 6.06. The van der Waals surface area contributed by atoms with Gasteiger partial charge in [-0.05, 0) is 62.2 Å². The van der Waals surface area contributed by atoms with Crippen molar-refractivity contribution in [3.05, 3.63) is 53.8 Å². The van der Waals surface area contributed by atoms with Crippen molar-refractivity contribution in [1.82, 2.24) is 5.32 Å². The summed E-state index contributed by atoms with van der Waals surface area (Å²) in [6.45, 7) is 1.25. The van der Waals surface area contributed by atoms with Crippen molar-refractivity contribution in [2.75, 3.05) is 18.1 Å². The number of carbonyl (C=O) groups excluding carboxylic acids is 3. The highest BCUT2D eigenvalue weighted by molar-refractivity contribution is 6.05. The maximum Gasteiger partial charge on any atom is 0.265 e. The highest BCUT2D eigenvalue weighted by atomic mass is 19.1. The molecule has 1 fully saturated rings. The monoisotopic (exact) mass is 454 g/mol. The van der Waals surface area contributed by atoms with Crippen molar-refractivity contribution in [3.8, 4) is 11.5 Å². The fourth-order valence-corrected chi connectivity index (χ4v) is 4.22. The number of nitrogens with zero attached hydrogens (tertiary/aromatic N) is 1. The molecular formula is C25H27FN2O5. The standard InChI is InChI=1S/C25H27FN2O5/c1-16(25(31)27-19-5-3-2-4-6-19)28-21-13-17(7-12-23(21)33-15-24(28)30)22(29)14-32-20-10-8-18(26)9-11-20/h7-13,16,19H,2-6,14-15H2,1H3,(H,27,31). The molecular weight excluding hydrogens is 427 g/mol. The Bertz CT molecular complexity index is 1030. The van der Waals surface area contributed by atoms with E-state index in [-0.39, 0.29) is 36.9 Å². The van der Waals surface area contributed by atoms with Gasteiger partial charge < -0.3 is 14.8 Å². The number of rotatable bonds is 7. The third kappa shape index (κ3) is 5.32. The molecule has 7 nitrogen and oxygen atoms in total. The van der Waals surface area contributed by atoms with Gasteiger partial charge in [-0.15, -0.1) is 0 Å². The molecule has 1 aliphatic carbocycles. The maximum absolute atomic E-state index is 13.0. The van der Waals surface area contributed by atoms with Gasteiger partial charge in [0.1, 0.15) is 23.4 Å². The molecule has 1 N–H and O–H groups in total. The fourth-order valence-electron chi connectivity index (χ4n) is 4.22. The van der Waals surface area contributed by atoms with Crippen LogP contribution < -0.4 is 19.7 Å². The number of hydrogen-bond donors (Lipinski definition) is 1. The summed E-state index contributed by atoms with van der Waals surface area (Å²) < 4.78 is 24.0. The summed E-state index contributed by atoms with van der Waals surface area (Å²) in [4.78, 5) is 39.7. The van der Waals surface area contributed by atoms with Crippen molar-refractivity contribution in [3.63, 3.8) is 0 Å². The van der Waals surface area contributed by atoms with Gasteiger partial charge in [-0.1, -0.05) is 19.3 Å². The Morgan fingerprint density at radius 1 is 1.15 bits per heavy atom. The Morgan fingerprint density at radius 2 is 1.88 bits per heavy atom. The molecule has 1 unspecified atom stereocenters. The van der Waals surface area contributed by atoms with Crippen LogP contribution in [-0.4, -0.2) is 42.9 Å². The first-order chi connectivity index (χ1) is 15.9. The first kappa shape index (κ1) is 22.8. The zero-order valence-electron chi connectivity index (χ0n) is 18.5. The average Bonchev–Trinajstić information content (AvgIpc) is 2.83. The normalized spacial score (nSPS) is 17.0. The van der Waals surface area contributed by atoms with Gasteiger partial charge in [0.15, 0.2) is 19.0 Å². The van der Waals surface area contributed by atoms with Gasteiger partial charge in [0, 0.05) is 11.6 Å². The van der Waals surface area contributed by atoms with E-state index in [1.165, 1.54) is 35.6 Å². The Morgan fingerprint density at radius 3 is 2.61 bits per heavy atom. The fraction of sp³-hybridized carbons (Fsp3) is 0.400. The summed E-state index contributed by atoms with van der Waals surface area (Å²) in [5.41, 5.74) is 0.698. The number of carbonyl (C=O) groups is 3. The summed E-state index contributed by atoms with van der Waals surface area (Å²) in [6.07, 6.45) is 5.24. The van der Waals surface area contributed by atoms with E-state index in [4.69, 9.17) is 9.47 Å². The molecule has 33 heavy (non-hydrogen) atoms. The van der Waals surface area contributed by atoms with E-state index in [0.29, 0.717) is 22.7 Å². The first-order valence-corrected chi connectivity index (χ1v) is 11.2. The van der Waals surface area contributed by atoms with Crippen molar-refractivity contribution in [1.29, 1.82) is 0 Å². The Labute approximate surface area is 191 Å². The minimum atomic E-state index is -0.747. The second-order valence-electron chi connectivity index (χ2n) is 8.42. The SMILES string of the molecule is CC(C(=O)NC1CCCCC1)N1C(=O)COc2ccc(C(=O)COc3ccc(F)cc3)cc21. The minimum Gasteiger partial charge on any atom is -0.485 e. The molecule has 0 aromatic heterocycles. The smallest absolute Gasteiger partial charge is 0.265 e. The lowest BCUT2D eigenvalue weighted by Crippen LogP contribution is -2.53. The lowest BCUT2D eigenvalue weighted by molar-refractivity contribution is -0.128. The van der Waals surface area contributed by atoms with Gasteiger partial charge in [-0.2, -0.15) is 0 Å². The molecule has 2 aromatic rings. The molecule has 8 heteroatoms. The number of anilines is 1. The van der Waals surface area contributed by atoms with Crippen LogP contribution in [0.5, 0.6) is 11.5 Å². The summed E-state index contributed by atoms with van der Waals surface area (Å²) in [5, 5.41) is 3.06. The number of nitrogens with one attached hydrogen (secondary N) is 1. The number of ether oxygens (including phenoxy) is 2.